The molecule has 0 spiro atoms. The topological polar surface area (TPSA) is 66.8 Å². The van der Waals surface area contributed by atoms with Crippen molar-refractivity contribution in [3.05, 3.63) is 112 Å². The maximum atomic E-state index is 13.3. The van der Waals surface area contributed by atoms with Crippen LogP contribution < -0.4 is 24.3 Å². The van der Waals surface area contributed by atoms with E-state index in [1.807, 2.05) is 108 Å². The highest BCUT2D eigenvalue weighted by atomic mass is 35.5. The molecular weight excluding hydrogens is 611 g/mol. The van der Waals surface area contributed by atoms with E-state index in [4.69, 9.17) is 42.5 Å². The number of carbonyl (C=O) groups excluding carboxylic acids is 1. The minimum atomic E-state index is -0.613. The molecule has 0 aliphatic carbocycles. The molecule has 2 aliphatic rings. The normalized spacial score (nSPS) is 16.5. The largest absolute Gasteiger partial charge is 0.490 e. The van der Waals surface area contributed by atoms with Gasteiger partial charge in [0.05, 0.1) is 36.2 Å². The summed E-state index contributed by atoms with van der Waals surface area (Å²) in [6.45, 7) is 6.91. The number of morpholine rings is 1. The van der Waals surface area contributed by atoms with Crippen LogP contribution in [0.4, 0.5) is 17.1 Å². The van der Waals surface area contributed by atoms with Gasteiger partial charge in [-0.05, 0) is 49.4 Å². The monoisotopic (exact) mass is 644 g/mol. The van der Waals surface area contributed by atoms with Gasteiger partial charge < -0.3 is 19.1 Å². The van der Waals surface area contributed by atoms with Crippen LogP contribution in [0.5, 0.6) is 11.5 Å². The molecular formula is C35H34Cl2N4O4. The maximum absolute atomic E-state index is 13.3. The van der Waals surface area contributed by atoms with Gasteiger partial charge in [0.25, 0.3) is 0 Å². The standard InChI is InChI=1S/C35H34Cl2N4O4/c1-3-44-32-15-9-13-28(33(32)45-23-25-10-7-8-14-29(25)36)35-40(34(24(2)42)38-41(35)26-11-5-4-6-12-26)27-16-17-31(30(37)22-27)39-18-20-43-21-19-39/h4-17,22,35H,3,18-21,23H2,1-2H3. The molecule has 0 saturated carbocycles. The molecule has 2 heterocycles. The van der Waals surface area contributed by atoms with Gasteiger partial charge in [-0.1, -0.05) is 71.7 Å². The predicted octanol–water partition coefficient (Wildman–Crippen LogP) is 7.74. The van der Waals surface area contributed by atoms with Gasteiger partial charge in [0.2, 0.25) is 0 Å². The molecule has 45 heavy (non-hydrogen) atoms. The summed E-state index contributed by atoms with van der Waals surface area (Å²) in [5.41, 5.74) is 4.03. The summed E-state index contributed by atoms with van der Waals surface area (Å²) in [6.07, 6.45) is -0.613. The quantitative estimate of drug-likeness (QED) is 0.175. The van der Waals surface area contributed by atoms with Gasteiger partial charge in [-0.2, -0.15) is 0 Å². The summed E-state index contributed by atoms with van der Waals surface area (Å²) in [5, 5.41) is 7.93. The molecule has 1 unspecified atom stereocenters. The lowest BCUT2D eigenvalue weighted by Gasteiger charge is -2.34. The zero-order valence-corrected chi connectivity index (χ0v) is 26.7. The average Bonchev–Trinajstić information content (AvgIpc) is 3.47. The molecule has 0 radical (unpaired) electrons. The zero-order chi connectivity index (χ0) is 31.3. The Morgan fingerprint density at radius 1 is 0.889 bits per heavy atom. The van der Waals surface area contributed by atoms with Crippen molar-refractivity contribution in [2.24, 2.45) is 5.10 Å². The number of carbonyl (C=O) groups is 1. The number of hydrogen-bond acceptors (Lipinski definition) is 8. The van der Waals surface area contributed by atoms with Gasteiger partial charge in [-0.15, -0.1) is 5.10 Å². The Hall–Kier alpha value is -4.24. The van der Waals surface area contributed by atoms with Gasteiger partial charge in [-0.25, -0.2) is 5.01 Å². The first-order valence-corrected chi connectivity index (χ1v) is 15.7. The molecule has 0 amide bonds. The van der Waals surface area contributed by atoms with E-state index in [9.17, 15) is 4.79 Å². The predicted molar refractivity (Wildman–Crippen MR) is 180 cm³/mol. The first-order chi connectivity index (χ1) is 22.0. The number of benzene rings is 4. The molecule has 8 nitrogen and oxygen atoms in total. The fourth-order valence-electron chi connectivity index (χ4n) is 5.62. The summed E-state index contributed by atoms with van der Waals surface area (Å²) < 4.78 is 18.2. The van der Waals surface area contributed by atoms with E-state index in [0.717, 1.165) is 35.6 Å². The summed E-state index contributed by atoms with van der Waals surface area (Å²) >= 11 is 13.4. The lowest BCUT2D eigenvalue weighted by molar-refractivity contribution is -0.111. The Labute approximate surface area is 273 Å². The van der Waals surface area contributed by atoms with Gasteiger partial charge >= 0.3 is 0 Å². The molecule has 2 aliphatic heterocycles. The highest BCUT2D eigenvalue weighted by Crippen LogP contribution is 2.46. The van der Waals surface area contributed by atoms with Crippen molar-refractivity contribution in [1.29, 1.82) is 0 Å². The van der Waals surface area contributed by atoms with Crippen LogP contribution in [0.2, 0.25) is 10.0 Å². The molecule has 232 valence electrons. The molecule has 10 heteroatoms. The second-order valence-corrected chi connectivity index (χ2v) is 11.4. The molecule has 1 saturated heterocycles. The van der Waals surface area contributed by atoms with E-state index < -0.39 is 6.17 Å². The minimum Gasteiger partial charge on any atom is -0.490 e. The third kappa shape index (κ3) is 6.45. The number of rotatable bonds is 10. The number of nitrogens with zero attached hydrogens (tertiary/aromatic N) is 4. The van der Waals surface area contributed by atoms with Gasteiger partial charge in [0, 0.05) is 41.9 Å². The third-order valence-electron chi connectivity index (χ3n) is 7.72. The zero-order valence-electron chi connectivity index (χ0n) is 25.2. The lowest BCUT2D eigenvalue weighted by atomic mass is 10.1. The van der Waals surface area contributed by atoms with Crippen molar-refractivity contribution in [2.45, 2.75) is 26.6 Å². The summed E-state index contributed by atoms with van der Waals surface area (Å²) in [7, 11) is 0. The number of ether oxygens (including phenoxy) is 3. The average molecular weight is 646 g/mol. The van der Waals surface area contributed by atoms with Gasteiger partial charge in [0.1, 0.15) is 6.61 Å². The van der Waals surface area contributed by atoms with Crippen LogP contribution in [-0.2, 0) is 16.1 Å². The molecule has 0 bridgehead atoms. The Kier molecular flexibility index (Phi) is 9.45. The fraction of sp³-hybridized carbons (Fsp3) is 0.257. The fourth-order valence-corrected chi connectivity index (χ4v) is 6.10. The molecule has 4 aromatic rings. The first-order valence-electron chi connectivity index (χ1n) is 14.9. The second kappa shape index (κ2) is 13.8. The molecule has 4 aromatic carbocycles. The van der Waals surface area contributed by atoms with Crippen LogP contribution in [-0.4, -0.2) is 44.5 Å². The van der Waals surface area contributed by atoms with Crippen molar-refractivity contribution in [1.82, 2.24) is 0 Å². The van der Waals surface area contributed by atoms with Crippen molar-refractivity contribution in [2.75, 3.05) is 47.7 Å². The SMILES string of the molecule is CCOc1cccc(C2N(c3ccccc3)N=C(C(C)=O)N2c2ccc(N3CCOCC3)c(Cl)c2)c1OCc1ccccc1Cl. The first kappa shape index (κ1) is 30.8. The highest BCUT2D eigenvalue weighted by molar-refractivity contribution is 6.44. The van der Waals surface area contributed by atoms with Crippen molar-refractivity contribution >= 4 is 51.9 Å². The van der Waals surface area contributed by atoms with Crippen LogP contribution in [0.1, 0.15) is 31.1 Å². The minimum absolute atomic E-state index is 0.189. The van der Waals surface area contributed by atoms with E-state index in [2.05, 4.69) is 4.90 Å². The summed E-state index contributed by atoms with van der Waals surface area (Å²) in [5.74, 6) is 1.20. The third-order valence-corrected chi connectivity index (χ3v) is 8.39. The molecule has 1 fully saturated rings. The number of para-hydroxylation sites is 2. The van der Waals surface area contributed by atoms with Gasteiger partial charge in [-0.3, -0.25) is 9.69 Å². The van der Waals surface area contributed by atoms with E-state index in [1.54, 1.807) is 0 Å². The van der Waals surface area contributed by atoms with E-state index in [-0.39, 0.29) is 18.2 Å². The Balaban J connectivity index is 1.49. The Morgan fingerprint density at radius 3 is 2.36 bits per heavy atom. The molecule has 6 rings (SSSR count). The van der Waals surface area contributed by atoms with Crippen molar-refractivity contribution < 1.29 is 19.0 Å². The smallest absolute Gasteiger partial charge is 0.198 e. The Morgan fingerprint density at radius 2 is 1.64 bits per heavy atom. The number of hydrogen-bond donors (Lipinski definition) is 0. The number of Topliss-reactive ketones (excluding diaryl/α,β-unsaturated/α-hetero) is 1. The maximum Gasteiger partial charge on any atom is 0.198 e. The van der Waals surface area contributed by atoms with Gasteiger partial charge in [0.15, 0.2) is 29.3 Å². The van der Waals surface area contributed by atoms with Crippen LogP contribution in [0, 0.1) is 0 Å². The van der Waals surface area contributed by atoms with Crippen LogP contribution in [0.25, 0.3) is 0 Å². The summed E-state index contributed by atoms with van der Waals surface area (Å²) in [4.78, 5) is 17.4. The number of ketones is 1. The van der Waals surface area contributed by atoms with Crippen molar-refractivity contribution in [3.63, 3.8) is 0 Å². The second-order valence-electron chi connectivity index (χ2n) is 10.6. The molecule has 0 N–H and O–H groups in total. The molecule has 1 atom stereocenters. The van der Waals surface area contributed by atoms with Crippen molar-refractivity contribution in [3.8, 4) is 11.5 Å². The number of anilines is 3. The lowest BCUT2D eigenvalue weighted by Crippen LogP contribution is -2.38. The van der Waals surface area contributed by atoms with E-state index in [1.165, 1.54) is 6.92 Å². The number of hydrazone groups is 1. The van der Waals surface area contributed by atoms with Crippen LogP contribution in [0.15, 0.2) is 96.1 Å². The molecule has 0 aromatic heterocycles. The van der Waals surface area contributed by atoms with E-state index in [0.29, 0.717) is 47.1 Å². The number of halogens is 2. The van der Waals surface area contributed by atoms with E-state index >= 15 is 0 Å². The van der Waals surface area contributed by atoms with Crippen LogP contribution >= 0.6 is 23.2 Å². The Bertz CT molecular complexity index is 1690. The number of amidine groups is 1. The summed E-state index contributed by atoms with van der Waals surface area (Å²) in [6, 6.07) is 29.0. The van der Waals surface area contributed by atoms with Crippen LogP contribution in [0.3, 0.4) is 0 Å². The highest BCUT2D eigenvalue weighted by Gasteiger charge is 2.41.